The first kappa shape index (κ1) is 13.0. The third-order valence-corrected chi connectivity index (χ3v) is 3.06. The van der Waals surface area contributed by atoms with Crippen molar-refractivity contribution >= 4 is 5.78 Å². The van der Waals surface area contributed by atoms with Crippen LogP contribution in [0.25, 0.3) is 0 Å². The van der Waals surface area contributed by atoms with Gasteiger partial charge in [-0.2, -0.15) is 0 Å². The molecule has 1 saturated carbocycles. The van der Waals surface area contributed by atoms with Gasteiger partial charge in [0, 0.05) is 12.8 Å². The zero-order chi connectivity index (χ0) is 12.0. The molecule has 0 amide bonds. The highest BCUT2D eigenvalue weighted by Crippen LogP contribution is 2.31. The quantitative estimate of drug-likeness (QED) is 0.688. The van der Waals surface area contributed by atoms with Gasteiger partial charge in [-0.3, -0.25) is 4.79 Å². The first-order valence-corrected chi connectivity index (χ1v) is 6.34. The highest BCUT2D eigenvalue weighted by atomic mass is 16.1. The minimum Gasteiger partial charge on any atom is -0.300 e. The molecular formula is C15H22O. The van der Waals surface area contributed by atoms with Crippen LogP contribution in [0, 0.1) is 6.92 Å². The van der Waals surface area contributed by atoms with Crippen molar-refractivity contribution in [3.05, 3.63) is 35.4 Å². The van der Waals surface area contributed by atoms with E-state index in [0.717, 1.165) is 25.7 Å². The molecular weight excluding hydrogens is 196 g/mol. The molecule has 1 aliphatic carbocycles. The predicted molar refractivity (Wildman–Crippen MR) is 68.7 cm³/mol. The Balaban J connectivity index is 0.000000606. The second kappa shape index (κ2) is 6.47. The Labute approximate surface area is 98.9 Å². The molecule has 0 aromatic heterocycles. The molecule has 0 atom stereocenters. The molecule has 88 valence electrons. The van der Waals surface area contributed by atoms with Crippen molar-refractivity contribution in [3.8, 4) is 0 Å². The Kier molecular flexibility index (Phi) is 5.24. The SMILES string of the molecule is CC.Cc1cccc(C2CCC(=O)CC2)c1. The first-order chi connectivity index (χ1) is 7.75. The van der Waals surface area contributed by atoms with Gasteiger partial charge in [-0.05, 0) is 31.2 Å². The fourth-order valence-electron chi connectivity index (χ4n) is 2.20. The molecule has 1 nitrogen and oxygen atoms in total. The van der Waals surface area contributed by atoms with Crippen LogP contribution in [0.1, 0.15) is 56.6 Å². The number of carbonyl (C=O) groups excluding carboxylic acids is 1. The average molecular weight is 218 g/mol. The summed E-state index contributed by atoms with van der Waals surface area (Å²) in [6.07, 6.45) is 3.64. The first-order valence-electron chi connectivity index (χ1n) is 6.34. The van der Waals surface area contributed by atoms with E-state index in [2.05, 4.69) is 31.2 Å². The Morgan fingerprint density at radius 3 is 2.31 bits per heavy atom. The van der Waals surface area contributed by atoms with Crippen LogP contribution in [0.15, 0.2) is 24.3 Å². The lowest BCUT2D eigenvalue weighted by atomic mass is 9.83. The topological polar surface area (TPSA) is 17.1 Å². The summed E-state index contributed by atoms with van der Waals surface area (Å²) >= 11 is 0. The zero-order valence-electron chi connectivity index (χ0n) is 10.6. The van der Waals surface area contributed by atoms with E-state index in [4.69, 9.17) is 0 Å². The van der Waals surface area contributed by atoms with Crippen LogP contribution < -0.4 is 0 Å². The van der Waals surface area contributed by atoms with E-state index in [1.54, 1.807) is 0 Å². The molecule has 0 radical (unpaired) electrons. The average Bonchev–Trinajstić information content (AvgIpc) is 2.32. The molecule has 0 unspecified atom stereocenters. The van der Waals surface area contributed by atoms with Crippen LogP contribution in [-0.2, 0) is 4.79 Å². The summed E-state index contributed by atoms with van der Waals surface area (Å²) in [5, 5.41) is 0. The smallest absolute Gasteiger partial charge is 0.132 e. The van der Waals surface area contributed by atoms with E-state index in [1.807, 2.05) is 13.8 Å². The largest absolute Gasteiger partial charge is 0.300 e. The van der Waals surface area contributed by atoms with Crippen molar-refractivity contribution in [1.29, 1.82) is 0 Å². The number of hydrogen-bond acceptors (Lipinski definition) is 1. The molecule has 0 bridgehead atoms. The highest BCUT2D eigenvalue weighted by molar-refractivity contribution is 5.79. The molecule has 0 saturated heterocycles. The van der Waals surface area contributed by atoms with E-state index in [1.165, 1.54) is 11.1 Å². The van der Waals surface area contributed by atoms with Crippen molar-refractivity contribution in [1.82, 2.24) is 0 Å². The second-order valence-corrected chi connectivity index (χ2v) is 4.23. The van der Waals surface area contributed by atoms with E-state index in [0.29, 0.717) is 11.7 Å². The van der Waals surface area contributed by atoms with E-state index in [-0.39, 0.29) is 0 Å². The van der Waals surface area contributed by atoms with Gasteiger partial charge in [-0.15, -0.1) is 0 Å². The van der Waals surface area contributed by atoms with Crippen LogP contribution in [0.2, 0.25) is 0 Å². The molecule has 1 fully saturated rings. The van der Waals surface area contributed by atoms with Gasteiger partial charge in [0.05, 0.1) is 0 Å². The zero-order valence-corrected chi connectivity index (χ0v) is 10.6. The Morgan fingerprint density at radius 1 is 1.12 bits per heavy atom. The number of benzene rings is 1. The minimum atomic E-state index is 0.439. The van der Waals surface area contributed by atoms with Gasteiger partial charge in [0.25, 0.3) is 0 Å². The molecule has 0 heterocycles. The number of carbonyl (C=O) groups is 1. The summed E-state index contributed by atoms with van der Waals surface area (Å²) in [5.74, 6) is 1.06. The maximum atomic E-state index is 11.1. The van der Waals surface area contributed by atoms with Crippen LogP contribution in [0.3, 0.4) is 0 Å². The third-order valence-electron chi connectivity index (χ3n) is 3.06. The van der Waals surface area contributed by atoms with Gasteiger partial charge in [0.2, 0.25) is 0 Å². The summed E-state index contributed by atoms with van der Waals surface area (Å²) in [7, 11) is 0. The fraction of sp³-hybridized carbons (Fsp3) is 0.533. The predicted octanol–water partition coefficient (Wildman–Crippen LogP) is 4.25. The molecule has 0 aliphatic heterocycles. The van der Waals surface area contributed by atoms with Crippen LogP contribution in [0.5, 0.6) is 0 Å². The molecule has 2 rings (SSSR count). The Hall–Kier alpha value is -1.11. The summed E-state index contributed by atoms with van der Waals surface area (Å²) < 4.78 is 0. The number of ketones is 1. The van der Waals surface area contributed by atoms with Gasteiger partial charge in [-0.1, -0.05) is 43.7 Å². The second-order valence-electron chi connectivity index (χ2n) is 4.23. The van der Waals surface area contributed by atoms with Gasteiger partial charge in [0.15, 0.2) is 0 Å². The van der Waals surface area contributed by atoms with Crippen molar-refractivity contribution < 1.29 is 4.79 Å². The lowest BCUT2D eigenvalue weighted by molar-refractivity contribution is -0.120. The lowest BCUT2D eigenvalue weighted by Gasteiger charge is -2.21. The van der Waals surface area contributed by atoms with Crippen molar-refractivity contribution in [2.24, 2.45) is 0 Å². The fourth-order valence-corrected chi connectivity index (χ4v) is 2.20. The molecule has 0 spiro atoms. The summed E-state index contributed by atoms with van der Waals surface area (Å²) in [6.45, 7) is 6.12. The molecule has 0 N–H and O–H groups in total. The van der Waals surface area contributed by atoms with E-state index >= 15 is 0 Å². The van der Waals surface area contributed by atoms with Crippen LogP contribution >= 0.6 is 0 Å². The molecule has 1 heteroatoms. The van der Waals surface area contributed by atoms with Crippen molar-refractivity contribution in [2.45, 2.75) is 52.4 Å². The number of Topliss-reactive ketones (excluding diaryl/α,β-unsaturated/α-hetero) is 1. The maximum absolute atomic E-state index is 11.1. The Morgan fingerprint density at radius 2 is 1.75 bits per heavy atom. The van der Waals surface area contributed by atoms with Gasteiger partial charge in [0.1, 0.15) is 5.78 Å². The number of rotatable bonds is 1. The number of hydrogen-bond donors (Lipinski definition) is 0. The van der Waals surface area contributed by atoms with E-state index < -0.39 is 0 Å². The van der Waals surface area contributed by atoms with Crippen LogP contribution in [0.4, 0.5) is 0 Å². The van der Waals surface area contributed by atoms with Crippen molar-refractivity contribution in [2.75, 3.05) is 0 Å². The molecule has 1 aromatic carbocycles. The molecule has 16 heavy (non-hydrogen) atoms. The number of aryl methyl sites for hydroxylation is 1. The summed E-state index contributed by atoms with van der Waals surface area (Å²) in [4.78, 5) is 11.1. The third kappa shape index (κ3) is 3.48. The standard InChI is InChI=1S/C13H16O.C2H6/c1-10-3-2-4-12(9-10)11-5-7-13(14)8-6-11;1-2/h2-4,9,11H,5-8H2,1H3;1-2H3. The molecule has 1 aliphatic rings. The maximum Gasteiger partial charge on any atom is 0.132 e. The Bertz CT molecular complexity index is 331. The van der Waals surface area contributed by atoms with Gasteiger partial charge in [-0.25, -0.2) is 0 Å². The molecule has 1 aromatic rings. The lowest BCUT2D eigenvalue weighted by Crippen LogP contribution is -2.12. The summed E-state index contributed by atoms with van der Waals surface area (Å²) in [5.41, 5.74) is 2.73. The van der Waals surface area contributed by atoms with Crippen molar-refractivity contribution in [3.63, 3.8) is 0 Å². The van der Waals surface area contributed by atoms with Gasteiger partial charge >= 0.3 is 0 Å². The summed E-state index contributed by atoms with van der Waals surface area (Å²) in [6, 6.07) is 8.67. The minimum absolute atomic E-state index is 0.439. The van der Waals surface area contributed by atoms with E-state index in [9.17, 15) is 4.79 Å². The monoisotopic (exact) mass is 218 g/mol. The highest BCUT2D eigenvalue weighted by Gasteiger charge is 2.19. The van der Waals surface area contributed by atoms with Crippen LogP contribution in [-0.4, -0.2) is 5.78 Å². The van der Waals surface area contributed by atoms with Gasteiger partial charge < -0.3 is 0 Å². The normalized spacial score (nSPS) is 16.6.